The van der Waals surface area contributed by atoms with Crippen LogP contribution in [0.15, 0.2) is 48.5 Å². The standard InChI is InChI=1S/C20H25NO3/c1-3-24-19-12-8-17(9-13-19)15-20(22)21-14-4-5-16-6-10-18(23-2)11-7-16/h6-13H,3-5,14-15H2,1-2H3,(H,21,22). The van der Waals surface area contributed by atoms with Crippen molar-refractivity contribution in [2.45, 2.75) is 26.2 Å². The van der Waals surface area contributed by atoms with E-state index in [9.17, 15) is 4.79 Å². The van der Waals surface area contributed by atoms with Crippen molar-refractivity contribution < 1.29 is 14.3 Å². The van der Waals surface area contributed by atoms with E-state index in [0.717, 1.165) is 29.9 Å². The van der Waals surface area contributed by atoms with Crippen molar-refractivity contribution >= 4 is 5.91 Å². The van der Waals surface area contributed by atoms with Gasteiger partial charge in [-0.05, 0) is 55.2 Å². The lowest BCUT2D eigenvalue weighted by Gasteiger charge is -2.07. The molecule has 0 aliphatic heterocycles. The maximum absolute atomic E-state index is 12.0. The first-order valence-corrected chi connectivity index (χ1v) is 8.32. The number of hydrogen-bond donors (Lipinski definition) is 1. The fraction of sp³-hybridized carbons (Fsp3) is 0.350. The lowest BCUT2D eigenvalue weighted by Crippen LogP contribution is -2.26. The summed E-state index contributed by atoms with van der Waals surface area (Å²) in [4.78, 5) is 12.0. The molecule has 0 bridgehead atoms. The molecule has 128 valence electrons. The molecule has 4 heteroatoms. The number of methoxy groups -OCH3 is 1. The Balaban J connectivity index is 1.67. The van der Waals surface area contributed by atoms with Crippen LogP contribution in [0.1, 0.15) is 24.5 Å². The molecule has 0 spiro atoms. The molecule has 0 saturated carbocycles. The molecular weight excluding hydrogens is 302 g/mol. The lowest BCUT2D eigenvalue weighted by atomic mass is 10.1. The van der Waals surface area contributed by atoms with E-state index in [1.54, 1.807) is 7.11 Å². The Hall–Kier alpha value is -2.49. The quantitative estimate of drug-likeness (QED) is 0.718. The van der Waals surface area contributed by atoms with Crippen LogP contribution >= 0.6 is 0 Å². The first-order valence-electron chi connectivity index (χ1n) is 8.32. The Morgan fingerprint density at radius 1 is 0.958 bits per heavy atom. The van der Waals surface area contributed by atoms with Gasteiger partial charge in [-0.2, -0.15) is 0 Å². The highest BCUT2D eigenvalue weighted by Gasteiger charge is 2.03. The van der Waals surface area contributed by atoms with Gasteiger partial charge >= 0.3 is 0 Å². The first kappa shape index (κ1) is 17.9. The van der Waals surface area contributed by atoms with Gasteiger partial charge in [0.2, 0.25) is 5.91 Å². The van der Waals surface area contributed by atoms with E-state index in [0.29, 0.717) is 19.6 Å². The molecule has 24 heavy (non-hydrogen) atoms. The summed E-state index contributed by atoms with van der Waals surface area (Å²) in [6, 6.07) is 15.7. The fourth-order valence-electron chi connectivity index (χ4n) is 2.43. The number of nitrogens with one attached hydrogen (secondary N) is 1. The second-order valence-electron chi connectivity index (χ2n) is 5.56. The SMILES string of the molecule is CCOc1ccc(CC(=O)NCCCc2ccc(OC)cc2)cc1. The van der Waals surface area contributed by atoms with Crippen LogP contribution in [0.25, 0.3) is 0 Å². The first-order chi connectivity index (χ1) is 11.7. The number of ether oxygens (including phenoxy) is 2. The van der Waals surface area contributed by atoms with E-state index >= 15 is 0 Å². The number of hydrogen-bond acceptors (Lipinski definition) is 3. The van der Waals surface area contributed by atoms with Gasteiger partial charge in [-0.15, -0.1) is 0 Å². The predicted molar refractivity (Wildman–Crippen MR) is 95.6 cm³/mol. The molecule has 2 aromatic carbocycles. The number of aryl methyl sites for hydroxylation is 1. The van der Waals surface area contributed by atoms with Crippen LogP contribution in [0, 0.1) is 0 Å². The third kappa shape index (κ3) is 5.95. The normalized spacial score (nSPS) is 10.2. The molecule has 0 aliphatic rings. The molecule has 0 aliphatic carbocycles. The summed E-state index contributed by atoms with van der Waals surface area (Å²) < 4.78 is 10.5. The van der Waals surface area contributed by atoms with Gasteiger partial charge < -0.3 is 14.8 Å². The Morgan fingerprint density at radius 2 is 1.58 bits per heavy atom. The number of benzene rings is 2. The van der Waals surface area contributed by atoms with Gasteiger partial charge in [-0.25, -0.2) is 0 Å². The summed E-state index contributed by atoms with van der Waals surface area (Å²) in [5.74, 6) is 1.75. The number of rotatable bonds is 9. The minimum atomic E-state index is 0.0499. The van der Waals surface area contributed by atoms with Crippen molar-refractivity contribution in [2.75, 3.05) is 20.3 Å². The predicted octanol–water partition coefficient (Wildman–Crippen LogP) is 3.39. The van der Waals surface area contributed by atoms with Crippen molar-refractivity contribution in [3.8, 4) is 11.5 Å². The Kier molecular flexibility index (Phi) is 7.15. The highest BCUT2D eigenvalue weighted by molar-refractivity contribution is 5.78. The molecule has 1 amide bonds. The fourth-order valence-corrected chi connectivity index (χ4v) is 2.43. The van der Waals surface area contributed by atoms with Gasteiger partial charge in [0.1, 0.15) is 11.5 Å². The van der Waals surface area contributed by atoms with E-state index in [1.807, 2.05) is 43.3 Å². The van der Waals surface area contributed by atoms with E-state index in [4.69, 9.17) is 9.47 Å². The van der Waals surface area contributed by atoms with Crippen LogP contribution in [0.5, 0.6) is 11.5 Å². The van der Waals surface area contributed by atoms with Gasteiger partial charge in [0, 0.05) is 6.54 Å². The lowest BCUT2D eigenvalue weighted by molar-refractivity contribution is -0.120. The zero-order valence-corrected chi connectivity index (χ0v) is 14.4. The second kappa shape index (κ2) is 9.60. The minimum absolute atomic E-state index is 0.0499. The van der Waals surface area contributed by atoms with Crippen molar-refractivity contribution in [1.82, 2.24) is 5.32 Å². The summed E-state index contributed by atoms with van der Waals surface area (Å²) in [7, 11) is 1.66. The van der Waals surface area contributed by atoms with E-state index in [2.05, 4.69) is 17.4 Å². The van der Waals surface area contributed by atoms with Gasteiger partial charge in [0.25, 0.3) is 0 Å². The van der Waals surface area contributed by atoms with Crippen molar-refractivity contribution in [2.24, 2.45) is 0 Å². The topological polar surface area (TPSA) is 47.6 Å². The molecule has 2 rings (SSSR count). The third-order valence-corrected chi connectivity index (χ3v) is 3.72. The van der Waals surface area contributed by atoms with Crippen molar-refractivity contribution in [3.63, 3.8) is 0 Å². The molecule has 0 fully saturated rings. The molecule has 0 aromatic heterocycles. The summed E-state index contributed by atoms with van der Waals surface area (Å²) in [5, 5.41) is 2.97. The molecule has 0 heterocycles. The largest absolute Gasteiger partial charge is 0.497 e. The molecule has 4 nitrogen and oxygen atoms in total. The maximum Gasteiger partial charge on any atom is 0.224 e. The molecule has 0 unspecified atom stereocenters. The van der Waals surface area contributed by atoms with Gasteiger partial charge in [0.15, 0.2) is 0 Å². The molecule has 1 N–H and O–H groups in total. The number of carbonyl (C=O) groups excluding carboxylic acids is 1. The van der Waals surface area contributed by atoms with Crippen molar-refractivity contribution in [3.05, 3.63) is 59.7 Å². The van der Waals surface area contributed by atoms with Crippen molar-refractivity contribution in [1.29, 1.82) is 0 Å². The van der Waals surface area contributed by atoms with Crippen LogP contribution in [0.2, 0.25) is 0 Å². The van der Waals surface area contributed by atoms with E-state index in [-0.39, 0.29) is 5.91 Å². The molecule has 0 saturated heterocycles. The Labute approximate surface area is 143 Å². The monoisotopic (exact) mass is 327 g/mol. The summed E-state index contributed by atoms with van der Waals surface area (Å²) in [5.41, 5.74) is 2.24. The van der Waals surface area contributed by atoms with Crippen LogP contribution in [-0.2, 0) is 17.6 Å². The Bertz CT molecular complexity index is 620. The molecular formula is C20H25NO3. The third-order valence-electron chi connectivity index (χ3n) is 3.72. The molecule has 0 radical (unpaired) electrons. The van der Waals surface area contributed by atoms with Crippen LogP contribution < -0.4 is 14.8 Å². The maximum atomic E-state index is 12.0. The highest BCUT2D eigenvalue weighted by atomic mass is 16.5. The average molecular weight is 327 g/mol. The minimum Gasteiger partial charge on any atom is -0.497 e. The number of carbonyl (C=O) groups is 1. The highest BCUT2D eigenvalue weighted by Crippen LogP contribution is 2.13. The molecule has 2 aromatic rings. The summed E-state index contributed by atoms with van der Waals surface area (Å²) in [6.45, 7) is 3.28. The van der Waals surface area contributed by atoms with E-state index in [1.165, 1.54) is 5.56 Å². The summed E-state index contributed by atoms with van der Waals surface area (Å²) in [6.07, 6.45) is 2.25. The zero-order chi connectivity index (χ0) is 17.2. The van der Waals surface area contributed by atoms with Crippen LogP contribution in [0.4, 0.5) is 0 Å². The average Bonchev–Trinajstić information content (AvgIpc) is 2.61. The second-order valence-corrected chi connectivity index (χ2v) is 5.56. The van der Waals surface area contributed by atoms with Gasteiger partial charge in [0.05, 0.1) is 20.1 Å². The Morgan fingerprint density at radius 3 is 2.21 bits per heavy atom. The van der Waals surface area contributed by atoms with E-state index < -0.39 is 0 Å². The number of amides is 1. The zero-order valence-electron chi connectivity index (χ0n) is 14.4. The van der Waals surface area contributed by atoms with Gasteiger partial charge in [-0.3, -0.25) is 4.79 Å². The van der Waals surface area contributed by atoms with Crippen LogP contribution in [-0.4, -0.2) is 26.2 Å². The van der Waals surface area contributed by atoms with Crippen LogP contribution in [0.3, 0.4) is 0 Å². The molecule has 0 atom stereocenters. The summed E-state index contributed by atoms with van der Waals surface area (Å²) >= 11 is 0. The van der Waals surface area contributed by atoms with Gasteiger partial charge in [-0.1, -0.05) is 24.3 Å². The smallest absolute Gasteiger partial charge is 0.224 e.